The number of benzene rings is 1. The summed E-state index contributed by atoms with van der Waals surface area (Å²) in [4.78, 5) is 2.37. The van der Waals surface area contributed by atoms with Gasteiger partial charge in [-0.15, -0.1) is 0 Å². The Balaban J connectivity index is 2.95. The summed E-state index contributed by atoms with van der Waals surface area (Å²) in [5, 5.41) is 0. The fraction of sp³-hybridized carbons (Fsp3) is 0.647. The van der Waals surface area contributed by atoms with E-state index < -0.39 is 0 Å². The minimum Gasteiger partial charge on any atom is -0.491 e. The van der Waals surface area contributed by atoms with Gasteiger partial charge in [0.2, 0.25) is 0 Å². The molecule has 0 aliphatic heterocycles. The zero-order valence-electron chi connectivity index (χ0n) is 14.0. The molecule has 0 saturated carbocycles. The van der Waals surface area contributed by atoms with Crippen molar-refractivity contribution in [3.63, 3.8) is 0 Å². The Morgan fingerprint density at radius 1 is 1.19 bits per heavy atom. The van der Waals surface area contributed by atoms with Gasteiger partial charge in [-0.3, -0.25) is 4.90 Å². The summed E-state index contributed by atoms with van der Waals surface area (Å²) in [6, 6.07) is 8.82. The summed E-state index contributed by atoms with van der Waals surface area (Å²) < 4.78 is 11.0. The molecule has 0 aromatic heterocycles. The summed E-state index contributed by atoms with van der Waals surface area (Å²) >= 11 is 0. The number of nitrogens with zero attached hydrogens (tertiary/aromatic N) is 1. The van der Waals surface area contributed by atoms with E-state index in [0.29, 0.717) is 19.2 Å². The fourth-order valence-corrected chi connectivity index (χ4v) is 2.50. The number of rotatable bonds is 9. The predicted octanol–water partition coefficient (Wildman–Crippen LogP) is 2.83. The first-order valence-corrected chi connectivity index (χ1v) is 7.71. The fourth-order valence-electron chi connectivity index (χ4n) is 2.50. The van der Waals surface area contributed by atoms with Gasteiger partial charge < -0.3 is 15.2 Å². The molecule has 0 heterocycles. The van der Waals surface area contributed by atoms with Crippen LogP contribution in [0.5, 0.6) is 5.75 Å². The average molecular weight is 294 g/mol. The first-order valence-electron chi connectivity index (χ1n) is 7.71. The van der Waals surface area contributed by atoms with Gasteiger partial charge in [-0.05, 0) is 45.4 Å². The topological polar surface area (TPSA) is 47.7 Å². The number of hydrogen-bond donors (Lipinski definition) is 1. The first-order chi connectivity index (χ1) is 9.99. The highest BCUT2D eigenvalue weighted by molar-refractivity contribution is 5.31. The van der Waals surface area contributed by atoms with Crippen LogP contribution in [0.25, 0.3) is 0 Å². The second-order valence-electron chi connectivity index (χ2n) is 5.81. The van der Waals surface area contributed by atoms with Crippen LogP contribution in [-0.2, 0) is 4.74 Å². The molecule has 0 saturated heterocycles. The summed E-state index contributed by atoms with van der Waals surface area (Å²) in [6.07, 6.45) is 0.172. The zero-order valence-corrected chi connectivity index (χ0v) is 14.0. The maximum atomic E-state index is 6.04. The van der Waals surface area contributed by atoms with Gasteiger partial charge in [0, 0.05) is 32.3 Å². The molecule has 0 aliphatic rings. The molecule has 2 N–H and O–H groups in total. The van der Waals surface area contributed by atoms with E-state index in [1.54, 1.807) is 7.11 Å². The predicted molar refractivity (Wildman–Crippen MR) is 87.7 cm³/mol. The molecule has 1 rings (SSSR count). The van der Waals surface area contributed by atoms with Crippen molar-refractivity contribution in [1.29, 1.82) is 0 Å². The quantitative estimate of drug-likeness (QED) is 0.761. The molecule has 0 radical (unpaired) electrons. The Morgan fingerprint density at radius 3 is 2.43 bits per heavy atom. The first kappa shape index (κ1) is 18.0. The molecule has 1 atom stereocenters. The normalized spacial score (nSPS) is 13.2. The Morgan fingerprint density at radius 2 is 1.90 bits per heavy atom. The van der Waals surface area contributed by atoms with Crippen LogP contribution in [0.2, 0.25) is 0 Å². The lowest BCUT2D eigenvalue weighted by atomic mass is 10.0. The molecular weight excluding hydrogens is 264 g/mol. The second-order valence-corrected chi connectivity index (χ2v) is 5.81. The third-order valence-corrected chi connectivity index (χ3v) is 3.46. The van der Waals surface area contributed by atoms with Crippen molar-refractivity contribution in [3.05, 3.63) is 29.8 Å². The molecular formula is C17H30N2O2. The lowest BCUT2D eigenvalue weighted by molar-refractivity contribution is 0.0978. The van der Waals surface area contributed by atoms with Crippen molar-refractivity contribution in [2.75, 3.05) is 26.8 Å². The maximum absolute atomic E-state index is 6.04. The Bertz CT molecular complexity index is 408. The largest absolute Gasteiger partial charge is 0.491 e. The molecule has 4 nitrogen and oxygen atoms in total. The van der Waals surface area contributed by atoms with Crippen LogP contribution in [0.3, 0.4) is 0 Å². The van der Waals surface area contributed by atoms with E-state index in [-0.39, 0.29) is 12.1 Å². The van der Waals surface area contributed by atoms with Gasteiger partial charge in [-0.1, -0.05) is 12.1 Å². The van der Waals surface area contributed by atoms with E-state index >= 15 is 0 Å². The van der Waals surface area contributed by atoms with Crippen molar-refractivity contribution in [1.82, 2.24) is 4.90 Å². The van der Waals surface area contributed by atoms with Crippen molar-refractivity contribution >= 4 is 0 Å². The highest BCUT2D eigenvalue weighted by atomic mass is 16.5. The van der Waals surface area contributed by atoms with E-state index in [1.165, 1.54) is 5.56 Å². The number of ether oxygens (including phenoxy) is 2. The van der Waals surface area contributed by atoms with E-state index in [2.05, 4.69) is 30.9 Å². The van der Waals surface area contributed by atoms with Gasteiger partial charge in [0.25, 0.3) is 0 Å². The van der Waals surface area contributed by atoms with Gasteiger partial charge >= 0.3 is 0 Å². The van der Waals surface area contributed by atoms with Gasteiger partial charge in [0.15, 0.2) is 0 Å². The van der Waals surface area contributed by atoms with Crippen molar-refractivity contribution < 1.29 is 9.47 Å². The molecule has 0 spiro atoms. The van der Waals surface area contributed by atoms with E-state index in [9.17, 15) is 0 Å². The average Bonchev–Trinajstić information content (AvgIpc) is 2.42. The van der Waals surface area contributed by atoms with Gasteiger partial charge in [-0.25, -0.2) is 0 Å². The van der Waals surface area contributed by atoms with Crippen LogP contribution in [0, 0.1) is 0 Å². The lowest BCUT2D eigenvalue weighted by Crippen LogP contribution is -2.40. The molecule has 1 unspecified atom stereocenters. The van der Waals surface area contributed by atoms with E-state index in [0.717, 1.165) is 12.3 Å². The zero-order chi connectivity index (χ0) is 15.8. The number of nitrogens with two attached hydrogens (primary N) is 1. The number of hydrogen-bond acceptors (Lipinski definition) is 4. The summed E-state index contributed by atoms with van der Waals surface area (Å²) in [5.41, 5.74) is 7.24. The Hall–Kier alpha value is -1.10. The van der Waals surface area contributed by atoms with Crippen LogP contribution in [0.15, 0.2) is 24.3 Å². The van der Waals surface area contributed by atoms with Crippen molar-refractivity contribution in [2.45, 2.75) is 45.9 Å². The monoisotopic (exact) mass is 294 g/mol. The third-order valence-electron chi connectivity index (χ3n) is 3.46. The molecule has 4 heteroatoms. The molecule has 21 heavy (non-hydrogen) atoms. The molecule has 0 fully saturated rings. The van der Waals surface area contributed by atoms with Crippen molar-refractivity contribution in [2.24, 2.45) is 5.73 Å². The van der Waals surface area contributed by atoms with Gasteiger partial charge in [-0.2, -0.15) is 0 Å². The van der Waals surface area contributed by atoms with Gasteiger partial charge in [0.05, 0.1) is 12.7 Å². The SMILES string of the molecule is COCCN(C(C)C)C(CN)c1cccc(OC(C)C)c1. The van der Waals surface area contributed by atoms with Crippen LogP contribution in [0.4, 0.5) is 0 Å². The van der Waals surface area contributed by atoms with Crippen molar-refractivity contribution in [3.8, 4) is 5.75 Å². The molecule has 120 valence electrons. The standard InChI is InChI=1S/C17H30N2O2/c1-13(2)19(9-10-20-5)17(12-18)15-7-6-8-16(11-15)21-14(3)4/h6-8,11,13-14,17H,9-10,12,18H2,1-5H3. The Labute approximate surface area is 129 Å². The molecule has 1 aromatic carbocycles. The van der Waals surface area contributed by atoms with Crippen LogP contribution in [-0.4, -0.2) is 43.9 Å². The van der Waals surface area contributed by atoms with E-state index in [1.807, 2.05) is 26.0 Å². The molecule has 0 bridgehead atoms. The van der Waals surface area contributed by atoms with E-state index in [4.69, 9.17) is 15.2 Å². The molecule has 1 aromatic rings. The Kier molecular flexibility index (Phi) is 7.72. The number of methoxy groups -OCH3 is 1. The third kappa shape index (κ3) is 5.65. The summed E-state index contributed by atoms with van der Waals surface area (Å²) in [7, 11) is 1.73. The summed E-state index contributed by atoms with van der Waals surface area (Å²) in [5.74, 6) is 0.899. The lowest BCUT2D eigenvalue weighted by Gasteiger charge is -2.34. The smallest absolute Gasteiger partial charge is 0.120 e. The second kappa shape index (κ2) is 9.03. The van der Waals surface area contributed by atoms with Crippen LogP contribution in [0.1, 0.15) is 39.3 Å². The summed E-state index contributed by atoms with van der Waals surface area (Å²) in [6.45, 7) is 10.6. The maximum Gasteiger partial charge on any atom is 0.120 e. The highest BCUT2D eigenvalue weighted by Gasteiger charge is 2.21. The minimum atomic E-state index is 0.172. The molecule has 0 aliphatic carbocycles. The van der Waals surface area contributed by atoms with Gasteiger partial charge in [0.1, 0.15) is 5.75 Å². The highest BCUT2D eigenvalue weighted by Crippen LogP contribution is 2.25. The van der Waals surface area contributed by atoms with Crippen LogP contribution < -0.4 is 10.5 Å². The minimum absolute atomic E-state index is 0.172. The molecule has 0 amide bonds. The van der Waals surface area contributed by atoms with Crippen LogP contribution >= 0.6 is 0 Å².